The minimum atomic E-state index is -0.285. The molecule has 0 aliphatic heterocycles. The van der Waals surface area contributed by atoms with E-state index in [0.717, 1.165) is 0 Å². The van der Waals surface area contributed by atoms with Crippen LogP contribution in [0.1, 0.15) is 20.7 Å². The molecule has 2 rings (SSSR count). The third-order valence-corrected chi connectivity index (χ3v) is 2.80. The van der Waals surface area contributed by atoms with Crippen molar-refractivity contribution in [3.8, 4) is 0 Å². The molecule has 0 radical (unpaired) electrons. The lowest BCUT2D eigenvalue weighted by molar-refractivity contribution is 0.0994. The summed E-state index contributed by atoms with van der Waals surface area (Å²) in [7, 11) is 0. The van der Waals surface area contributed by atoms with Crippen molar-refractivity contribution in [3.63, 3.8) is 0 Å². The van der Waals surface area contributed by atoms with E-state index >= 15 is 0 Å². The zero-order chi connectivity index (χ0) is 10.3. The average molecular weight is 227 g/mol. The Bertz CT molecular complexity index is 475. The van der Waals surface area contributed by atoms with Gasteiger partial charge in [0.25, 0.3) is 0 Å². The van der Waals surface area contributed by atoms with E-state index in [9.17, 15) is 9.59 Å². The number of fused-ring (bicyclic) bond motifs is 1. The summed E-state index contributed by atoms with van der Waals surface area (Å²) >= 11 is 11.6. The largest absolute Gasteiger partial charge is 0.289 e. The molecule has 0 spiro atoms. The van der Waals surface area contributed by atoms with Gasteiger partial charge in [-0.3, -0.25) is 9.59 Å². The normalized spacial score (nSPS) is 14.4. The summed E-state index contributed by atoms with van der Waals surface area (Å²) < 4.78 is 0. The van der Waals surface area contributed by atoms with Crippen molar-refractivity contribution in [3.05, 3.63) is 45.5 Å². The second kappa shape index (κ2) is 3.23. The molecule has 1 aliphatic carbocycles. The van der Waals surface area contributed by atoms with E-state index in [1.54, 1.807) is 0 Å². The molecular weight excluding hydrogens is 223 g/mol. The first kappa shape index (κ1) is 9.44. The van der Waals surface area contributed by atoms with Crippen LogP contribution in [0.4, 0.5) is 0 Å². The highest BCUT2D eigenvalue weighted by atomic mass is 35.5. The van der Waals surface area contributed by atoms with Crippen LogP contribution in [0.25, 0.3) is 0 Å². The summed E-state index contributed by atoms with van der Waals surface area (Å²) in [5, 5.41) is 0.425. The molecule has 0 amide bonds. The number of ketones is 2. The summed E-state index contributed by atoms with van der Waals surface area (Å²) in [6, 6.07) is 3.01. The fraction of sp³-hybridized carbons (Fsp3) is 0. The van der Waals surface area contributed by atoms with E-state index in [0.29, 0.717) is 5.56 Å². The molecule has 0 fully saturated rings. The predicted octanol–water partition coefficient (Wildman–Crippen LogP) is 2.93. The average Bonchev–Trinajstić information content (AvgIpc) is 2.16. The second-order valence-corrected chi connectivity index (χ2v) is 3.63. The van der Waals surface area contributed by atoms with E-state index < -0.39 is 0 Å². The summed E-state index contributed by atoms with van der Waals surface area (Å²) in [6.45, 7) is 0. The van der Waals surface area contributed by atoms with Crippen molar-refractivity contribution >= 4 is 34.8 Å². The van der Waals surface area contributed by atoms with Gasteiger partial charge in [-0.1, -0.05) is 23.2 Å². The van der Waals surface area contributed by atoms with Crippen molar-refractivity contribution in [2.24, 2.45) is 0 Å². The second-order valence-electron chi connectivity index (χ2n) is 2.85. The Morgan fingerprint density at radius 2 is 1.57 bits per heavy atom. The number of benzene rings is 1. The molecule has 1 aliphatic rings. The molecule has 1 aromatic rings. The molecule has 0 aromatic heterocycles. The number of halogens is 2. The zero-order valence-corrected chi connectivity index (χ0v) is 8.39. The molecule has 0 saturated heterocycles. The van der Waals surface area contributed by atoms with Gasteiger partial charge in [0.2, 0.25) is 0 Å². The van der Waals surface area contributed by atoms with Crippen LogP contribution in [-0.2, 0) is 0 Å². The number of carbonyl (C=O) groups excluding carboxylic acids is 2. The quantitative estimate of drug-likeness (QED) is 0.682. The van der Waals surface area contributed by atoms with E-state index in [4.69, 9.17) is 23.2 Å². The molecule has 0 unspecified atom stereocenters. The Hall–Kier alpha value is -1.12. The first-order valence-corrected chi connectivity index (χ1v) is 4.61. The first-order chi connectivity index (χ1) is 6.61. The van der Waals surface area contributed by atoms with Gasteiger partial charge in [-0.2, -0.15) is 0 Å². The molecule has 0 heterocycles. The molecule has 4 heteroatoms. The Morgan fingerprint density at radius 1 is 0.929 bits per heavy atom. The van der Waals surface area contributed by atoms with Crippen molar-refractivity contribution < 1.29 is 9.59 Å². The van der Waals surface area contributed by atoms with E-state index in [1.807, 2.05) is 0 Å². The standard InChI is InChI=1S/C10H4Cl2O2/c11-6-2-1-5-7(13)3-4-8(14)9(5)10(6)12/h1-4H. The lowest BCUT2D eigenvalue weighted by Crippen LogP contribution is -2.12. The number of allylic oxidation sites excluding steroid dienone is 2. The Balaban J connectivity index is 2.79. The third kappa shape index (κ3) is 1.27. The van der Waals surface area contributed by atoms with Gasteiger partial charge in [-0.25, -0.2) is 0 Å². The Morgan fingerprint density at radius 3 is 2.29 bits per heavy atom. The molecular formula is C10H4Cl2O2. The van der Waals surface area contributed by atoms with E-state index in [-0.39, 0.29) is 27.2 Å². The van der Waals surface area contributed by atoms with Gasteiger partial charge in [-0.15, -0.1) is 0 Å². The number of carbonyl (C=O) groups is 2. The van der Waals surface area contributed by atoms with Crippen LogP contribution >= 0.6 is 23.2 Å². The van der Waals surface area contributed by atoms with E-state index in [1.165, 1.54) is 24.3 Å². The fourth-order valence-electron chi connectivity index (χ4n) is 1.32. The van der Waals surface area contributed by atoms with Gasteiger partial charge in [0.05, 0.1) is 15.6 Å². The maximum atomic E-state index is 11.4. The minimum absolute atomic E-state index is 0.145. The lowest BCUT2D eigenvalue weighted by atomic mass is 9.95. The molecule has 0 saturated carbocycles. The smallest absolute Gasteiger partial charge is 0.188 e. The third-order valence-electron chi connectivity index (χ3n) is 1.99. The van der Waals surface area contributed by atoms with Crippen LogP contribution in [0, 0.1) is 0 Å². The van der Waals surface area contributed by atoms with Gasteiger partial charge >= 0.3 is 0 Å². The topological polar surface area (TPSA) is 34.1 Å². The van der Waals surface area contributed by atoms with Gasteiger partial charge in [0.15, 0.2) is 11.6 Å². The maximum Gasteiger partial charge on any atom is 0.188 e. The summed E-state index contributed by atoms with van der Waals surface area (Å²) in [5.74, 6) is -0.509. The molecule has 0 N–H and O–H groups in total. The van der Waals surface area contributed by atoms with Crippen molar-refractivity contribution in [1.29, 1.82) is 0 Å². The highest BCUT2D eigenvalue weighted by Crippen LogP contribution is 2.31. The molecule has 2 nitrogen and oxygen atoms in total. The number of rotatable bonds is 0. The Labute approximate surface area is 90.1 Å². The van der Waals surface area contributed by atoms with Crippen molar-refractivity contribution in [1.82, 2.24) is 0 Å². The summed E-state index contributed by atoms with van der Waals surface area (Å²) in [4.78, 5) is 22.8. The van der Waals surface area contributed by atoms with Crippen LogP contribution in [0.15, 0.2) is 24.3 Å². The van der Waals surface area contributed by atoms with Crippen molar-refractivity contribution in [2.45, 2.75) is 0 Å². The van der Waals surface area contributed by atoms with Gasteiger partial charge in [-0.05, 0) is 24.3 Å². The fourth-order valence-corrected chi connectivity index (χ4v) is 1.74. The van der Waals surface area contributed by atoms with Crippen molar-refractivity contribution in [2.75, 3.05) is 0 Å². The number of hydrogen-bond acceptors (Lipinski definition) is 2. The van der Waals surface area contributed by atoms with Crippen LogP contribution < -0.4 is 0 Å². The highest BCUT2D eigenvalue weighted by molar-refractivity contribution is 6.45. The van der Waals surface area contributed by atoms with Crippen LogP contribution in [0.5, 0.6) is 0 Å². The van der Waals surface area contributed by atoms with E-state index in [2.05, 4.69) is 0 Å². The van der Waals surface area contributed by atoms with Gasteiger partial charge < -0.3 is 0 Å². The molecule has 70 valence electrons. The minimum Gasteiger partial charge on any atom is -0.289 e. The highest BCUT2D eigenvalue weighted by Gasteiger charge is 2.22. The van der Waals surface area contributed by atoms with Crippen LogP contribution in [-0.4, -0.2) is 11.6 Å². The number of hydrogen-bond donors (Lipinski definition) is 0. The van der Waals surface area contributed by atoms with Gasteiger partial charge in [0.1, 0.15) is 0 Å². The predicted molar refractivity (Wildman–Crippen MR) is 54.3 cm³/mol. The van der Waals surface area contributed by atoms with Crippen LogP contribution in [0.2, 0.25) is 10.0 Å². The molecule has 0 atom stereocenters. The van der Waals surface area contributed by atoms with Crippen LogP contribution in [0.3, 0.4) is 0 Å². The molecule has 14 heavy (non-hydrogen) atoms. The zero-order valence-electron chi connectivity index (χ0n) is 6.88. The molecule has 1 aromatic carbocycles. The molecule has 0 bridgehead atoms. The Kier molecular flexibility index (Phi) is 2.17. The SMILES string of the molecule is O=C1C=CC(=O)c2c1ccc(Cl)c2Cl. The summed E-state index contributed by atoms with van der Waals surface area (Å²) in [6.07, 6.45) is 2.43. The first-order valence-electron chi connectivity index (χ1n) is 3.86. The lowest BCUT2D eigenvalue weighted by Gasteiger charge is -2.10. The van der Waals surface area contributed by atoms with Gasteiger partial charge in [0, 0.05) is 5.56 Å². The monoisotopic (exact) mass is 226 g/mol. The maximum absolute atomic E-state index is 11.4. The summed E-state index contributed by atoms with van der Waals surface area (Å²) in [5.41, 5.74) is 0.513.